The maximum atomic E-state index is 12.1. The number of halogens is 1. The summed E-state index contributed by atoms with van der Waals surface area (Å²) in [6.45, 7) is 3.12. The zero-order chi connectivity index (χ0) is 27.8. The topological polar surface area (TPSA) is 60.9 Å². The molecule has 0 aliphatic carbocycles. The van der Waals surface area contributed by atoms with Crippen LogP contribution in [0.4, 0.5) is 0 Å². The highest BCUT2D eigenvalue weighted by Crippen LogP contribution is 2.42. The molecule has 0 bridgehead atoms. The fourth-order valence-corrected chi connectivity index (χ4v) is 5.69. The van der Waals surface area contributed by atoms with E-state index in [0.717, 1.165) is 39.2 Å². The van der Waals surface area contributed by atoms with Gasteiger partial charge in [-0.2, -0.15) is 16.8 Å². The highest BCUT2D eigenvalue weighted by Gasteiger charge is 2.23. The van der Waals surface area contributed by atoms with Crippen LogP contribution in [0, 0.1) is 0 Å². The summed E-state index contributed by atoms with van der Waals surface area (Å²) in [5, 5.41) is 3.51. The number of rotatable bonds is 12. The summed E-state index contributed by atoms with van der Waals surface area (Å²) in [4.78, 5) is 22.5. The van der Waals surface area contributed by atoms with Crippen molar-refractivity contribution < 1.29 is 19.1 Å². The van der Waals surface area contributed by atoms with Gasteiger partial charge in [0.25, 0.3) is 0 Å². The van der Waals surface area contributed by atoms with Gasteiger partial charge in [-0.25, -0.2) is 9.78 Å². The monoisotopic (exact) mass is 564 g/mol. The summed E-state index contributed by atoms with van der Waals surface area (Å²) in [5.74, 6) is 1.35. The Hall–Kier alpha value is -3.10. The van der Waals surface area contributed by atoms with Gasteiger partial charge in [-0.3, -0.25) is 4.84 Å². The molecule has 0 aliphatic heterocycles. The van der Waals surface area contributed by atoms with Crippen molar-refractivity contribution in [3.63, 3.8) is 0 Å². The number of hydrogen-bond acceptors (Lipinski definition) is 7. The van der Waals surface area contributed by atoms with Crippen LogP contribution in [0.5, 0.6) is 5.75 Å². The molecule has 3 aromatic carbocycles. The van der Waals surface area contributed by atoms with Gasteiger partial charge in [-0.05, 0) is 59.5 Å². The molecule has 4 rings (SSSR count). The number of carbonyl (C=O) groups is 1. The number of thioether (sulfide) groups is 1. The van der Waals surface area contributed by atoms with Gasteiger partial charge < -0.3 is 9.47 Å². The van der Waals surface area contributed by atoms with Gasteiger partial charge in [0.15, 0.2) is 0 Å². The first-order valence-electron chi connectivity index (χ1n) is 12.7. The van der Waals surface area contributed by atoms with Crippen molar-refractivity contribution in [3.8, 4) is 5.75 Å². The van der Waals surface area contributed by atoms with Crippen molar-refractivity contribution in [2.45, 2.75) is 24.7 Å². The largest absolute Gasteiger partial charge is 0.487 e. The molecular formula is C31H33ClN2O4S. The number of hydroxylamine groups is 2. The molecule has 1 heterocycles. The molecule has 1 aromatic heterocycles. The predicted octanol–water partition coefficient (Wildman–Crippen LogP) is 7.33. The Morgan fingerprint density at radius 1 is 1.00 bits per heavy atom. The normalized spacial score (nSPS) is 12.9. The number of nitrogens with zero attached hydrogens (tertiary/aromatic N) is 2. The van der Waals surface area contributed by atoms with Crippen LogP contribution < -0.4 is 4.74 Å². The van der Waals surface area contributed by atoms with Crippen molar-refractivity contribution in [1.29, 1.82) is 0 Å². The lowest BCUT2D eigenvalue weighted by Crippen LogP contribution is -2.15. The smallest absolute Gasteiger partial charge is 0.337 e. The molecule has 0 saturated heterocycles. The van der Waals surface area contributed by atoms with E-state index in [0.29, 0.717) is 23.8 Å². The third-order valence-corrected chi connectivity index (χ3v) is 7.98. The van der Waals surface area contributed by atoms with E-state index in [2.05, 4.69) is 25.1 Å². The van der Waals surface area contributed by atoms with Gasteiger partial charge in [0.1, 0.15) is 12.4 Å². The number of carbonyl (C=O) groups excluding carboxylic acids is 1. The molecule has 2 unspecified atom stereocenters. The first kappa shape index (κ1) is 28.9. The number of benzene rings is 3. The van der Waals surface area contributed by atoms with Gasteiger partial charge in [0.2, 0.25) is 0 Å². The third kappa shape index (κ3) is 7.96. The second kappa shape index (κ2) is 13.8. The number of fused-ring (bicyclic) bond motifs is 1. The van der Waals surface area contributed by atoms with Crippen molar-refractivity contribution >= 4 is 40.2 Å². The van der Waals surface area contributed by atoms with Crippen LogP contribution >= 0.6 is 23.4 Å². The Balaban J connectivity index is 1.54. The van der Waals surface area contributed by atoms with Crippen molar-refractivity contribution in [2.24, 2.45) is 0 Å². The van der Waals surface area contributed by atoms with E-state index in [1.54, 1.807) is 11.1 Å². The van der Waals surface area contributed by atoms with E-state index in [4.69, 9.17) is 30.9 Å². The van der Waals surface area contributed by atoms with E-state index in [9.17, 15) is 4.79 Å². The number of hydrogen-bond donors (Lipinski definition) is 0. The van der Waals surface area contributed by atoms with E-state index in [1.807, 2.05) is 80.5 Å². The number of pyridine rings is 1. The Bertz CT molecular complexity index is 1410. The van der Waals surface area contributed by atoms with E-state index in [1.165, 1.54) is 7.11 Å². The minimum Gasteiger partial charge on any atom is -0.487 e. The van der Waals surface area contributed by atoms with Crippen LogP contribution in [0.2, 0.25) is 5.02 Å². The Morgan fingerprint density at radius 3 is 2.56 bits per heavy atom. The Labute approximate surface area is 239 Å². The van der Waals surface area contributed by atoms with Crippen molar-refractivity contribution in [1.82, 2.24) is 10.0 Å². The first-order valence-corrected chi connectivity index (χ1v) is 14.1. The predicted molar refractivity (Wildman–Crippen MR) is 159 cm³/mol. The summed E-state index contributed by atoms with van der Waals surface area (Å²) >= 11 is 7.96. The quantitative estimate of drug-likeness (QED) is 0.101. The molecular weight excluding hydrogens is 532 g/mol. The van der Waals surface area contributed by atoms with Crippen LogP contribution in [0.15, 0.2) is 78.9 Å². The van der Waals surface area contributed by atoms with E-state index < -0.39 is 0 Å². The van der Waals surface area contributed by atoms with Gasteiger partial charge in [0, 0.05) is 35.5 Å². The lowest BCUT2D eigenvalue weighted by molar-refractivity contribution is -0.112. The van der Waals surface area contributed by atoms with Crippen LogP contribution in [-0.4, -0.2) is 49.6 Å². The van der Waals surface area contributed by atoms with Gasteiger partial charge >= 0.3 is 5.97 Å². The molecule has 0 aliphatic rings. The number of esters is 1. The second-order valence-electron chi connectivity index (χ2n) is 9.34. The zero-order valence-corrected chi connectivity index (χ0v) is 24.2. The van der Waals surface area contributed by atoms with Crippen molar-refractivity contribution in [2.75, 3.05) is 33.6 Å². The maximum Gasteiger partial charge on any atom is 0.337 e. The minimum atomic E-state index is -0.340. The van der Waals surface area contributed by atoms with E-state index >= 15 is 0 Å². The molecule has 0 spiro atoms. The molecule has 39 heavy (non-hydrogen) atoms. The van der Waals surface area contributed by atoms with E-state index in [-0.39, 0.29) is 17.1 Å². The molecule has 4 aromatic rings. The molecule has 0 radical (unpaired) electrons. The fraction of sp³-hybridized carbons (Fsp3) is 0.290. The number of aromatic nitrogens is 1. The molecule has 0 saturated carbocycles. The number of ether oxygens (including phenoxy) is 2. The molecule has 6 nitrogen and oxygen atoms in total. The van der Waals surface area contributed by atoms with Crippen LogP contribution in [-0.2, 0) is 16.2 Å². The van der Waals surface area contributed by atoms with Crippen LogP contribution in [0.3, 0.4) is 0 Å². The van der Waals surface area contributed by atoms with Gasteiger partial charge in [0.05, 0.1) is 30.5 Å². The lowest BCUT2D eigenvalue weighted by atomic mass is 9.92. The van der Waals surface area contributed by atoms with Crippen LogP contribution in [0.25, 0.3) is 10.9 Å². The average molecular weight is 565 g/mol. The number of methoxy groups -OCH3 is 1. The summed E-state index contributed by atoms with van der Waals surface area (Å²) in [5.41, 5.74) is 4.42. The standard InChI is InChI=1S/C31H33ClN2O4S/c1-21(23-7-5-9-25(17-23)31(35)36-4)30(39-16-15-38-34(2)3)24-8-6-10-28(18-24)37-20-27-14-12-22-11-13-26(32)19-29(22)33-27/h5-14,17-19,21,30H,15-16,20H2,1-4H3. The summed E-state index contributed by atoms with van der Waals surface area (Å²) in [6, 6.07) is 25.5. The molecule has 2 atom stereocenters. The van der Waals surface area contributed by atoms with Gasteiger partial charge in [-0.15, -0.1) is 0 Å². The maximum absolute atomic E-state index is 12.1. The molecule has 204 valence electrons. The summed E-state index contributed by atoms with van der Waals surface area (Å²) in [6.07, 6.45) is 0. The molecule has 8 heteroatoms. The Kier molecular flexibility index (Phi) is 10.2. The zero-order valence-electron chi connectivity index (χ0n) is 22.6. The highest BCUT2D eigenvalue weighted by molar-refractivity contribution is 7.99. The molecule has 0 amide bonds. The third-order valence-electron chi connectivity index (χ3n) is 6.30. The average Bonchev–Trinajstić information content (AvgIpc) is 2.95. The molecule has 0 N–H and O–H groups in total. The Morgan fingerprint density at radius 2 is 1.77 bits per heavy atom. The van der Waals surface area contributed by atoms with Crippen molar-refractivity contribution in [3.05, 3.63) is 106 Å². The van der Waals surface area contributed by atoms with Crippen LogP contribution in [0.1, 0.15) is 45.3 Å². The molecule has 0 fully saturated rings. The second-order valence-corrected chi connectivity index (χ2v) is 11.0. The first-order chi connectivity index (χ1) is 18.8. The minimum absolute atomic E-state index is 0.105. The lowest BCUT2D eigenvalue weighted by Gasteiger charge is -2.25. The summed E-state index contributed by atoms with van der Waals surface area (Å²) in [7, 11) is 5.15. The fourth-order valence-electron chi connectivity index (χ4n) is 4.32. The summed E-state index contributed by atoms with van der Waals surface area (Å²) < 4.78 is 11.1. The van der Waals surface area contributed by atoms with Gasteiger partial charge in [-0.1, -0.05) is 54.9 Å². The SMILES string of the molecule is COC(=O)c1cccc(C(C)C(SCCON(C)C)c2cccc(OCc3ccc4ccc(Cl)cc4n3)c2)c1. The highest BCUT2D eigenvalue weighted by atomic mass is 35.5.